The molecule has 0 saturated carbocycles. The van der Waals surface area contributed by atoms with Crippen LogP contribution in [0.3, 0.4) is 0 Å². The lowest BCUT2D eigenvalue weighted by Crippen LogP contribution is -2.35. The van der Waals surface area contributed by atoms with Gasteiger partial charge in [-0.05, 0) is 37.6 Å². The Kier molecular flexibility index (Phi) is 2.71. The molecular formula is C16H17NO. The smallest absolute Gasteiger partial charge is 0.143 e. The van der Waals surface area contributed by atoms with Crippen molar-refractivity contribution in [2.75, 3.05) is 11.4 Å². The van der Waals surface area contributed by atoms with Crippen LogP contribution in [0.2, 0.25) is 0 Å². The molecule has 2 nitrogen and oxygen atoms in total. The third-order valence-electron chi connectivity index (χ3n) is 3.33. The Balaban J connectivity index is 2.11. The van der Waals surface area contributed by atoms with E-state index in [4.69, 9.17) is 4.74 Å². The summed E-state index contributed by atoms with van der Waals surface area (Å²) in [4.78, 5) is 2.35. The Morgan fingerprint density at radius 2 is 1.67 bits per heavy atom. The molecule has 3 rings (SSSR count). The van der Waals surface area contributed by atoms with Crippen molar-refractivity contribution in [1.29, 1.82) is 0 Å². The van der Waals surface area contributed by atoms with Gasteiger partial charge in [0.25, 0.3) is 0 Å². The highest BCUT2D eigenvalue weighted by Gasteiger charge is 2.24. The summed E-state index contributed by atoms with van der Waals surface area (Å²) in [5, 5.41) is 0. The normalized spacial score (nSPS) is 18.1. The van der Waals surface area contributed by atoms with Crippen molar-refractivity contribution >= 4 is 11.4 Å². The molecule has 0 saturated heterocycles. The molecule has 1 aliphatic rings. The molecule has 1 unspecified atom stereocenters. The highest BCUT2D eigenvalue weighted by Crippen LogP contribution is 2.38. The Bertz CT molecular complexity index is 565. The van der Waals surface area contributed by atoms with Gasteiger partial charge in [0.15, 0.2) is 0 Å². The van der Waals surface area contributed by atoms with Crippen molar-refractivity contribution in [2.24, 2.45) is 0 Å². The van der Waals surface area contributed by atoms with E-state index in [1.165, 1.54) is 11.3 Å². The number of fused-ring (bicyclic) bond motifs is 1. The van der Waals surface area contributed by atoms with Crippen molar-refractivity contribution < 1.29 is 4.74 Å². The molecule has 0 N–H and O–H groups in total. The third kappa shape index (κ3) is 1.84. The van der Waals surface area contributed by atoms with Crippen molar-refractivity contribution in [3.8, 4) is 5.75 Å². The van der Waals surface area contributed by atoms with E-state index in [2.05, 4.69) is 55.1 Å². The summed E-state index contributed by atoms with van der Waals surface area (Å²) >= 11 is 0. The second kappa shape index (κ2) is 4.37. The number of anilines is 2. The Morgan fingerprint density at radius 3 is 2.44 bits per heavy atom. The van der Waals surface area contributed by atoms with Gasteiger partial charge in [-0.25, -0.2) is 0 Å². The van der Waals surface area contributed by atoms with Crippen molar-refractivity contribution in [3.05, 3.63) is 54.1 Å². The number of hydrogen-bond acceptors (Lipinski definition) is 2. The van der Waals surface area contributed by atoms with Gasteiger partial charge < -0.3 is 9.64 Å². The summed E-state index contributed by atoms with van der Waals surface area (Å²) < 4.78 is 5.88. The van der Waals surface area contributed by atoms with Crippen LogP contribution < -0.4 is 9.64 Å². The quantitative estimate of drug-likeness (QED) is 0.748. The zero-order chi connectivity index (χ0) is 12.5. The van der Waals surface area contributed by atoms with E-state index in [0.717, 1.165) is 18.0 Å². The highest BCUT2D eigenvalue weighted by molar-refractivity contribution is 5.72. The van der Waals surface area contributed by atoms with Gasteiger partial charge in [0.2, 0.25) is 0 Å². The Morgan fingerprint density at radius 1 is 1.00 bits per heavy atom. The second-order valence-corrected chi connectivity index (χ2v) is 4.79. The van der Waals surface area contributed by atoms with Crippen molar-refractivity contribution in [1.82, 2.24) is 0 Å². The Hall–Kier alpha value is -1.96. The maximum absolute atomic E-state index is 5.88. The van der Waals surface area contributed by atoms with Gasteiger partial charge in [0, 0.05) is 5.69 Å². The lowest BCUT2D eigenvalue weighted by atomic mass is 10.1. The molecule has 1 heterocycles. The molecule has 92 valence electrons. The SMILES string of the molecule is Cc1ccccc1N1CC(C)Oc2ccccc21. The molecule has 0 spiro atoms. The summed E-state index contributed by atoms with van der Waals surface area (Å²) in [5.74, 6) is 0.972. The minimum atomic E-state index is 0.208. The predicted octanol–water partition coefficient (Wildman–Crippen LogP) is 3.91. The van der Waals surface area contributed by atoms with Gasteiger partial charge >= 0.3 is 0 Å². The molecule has 18 heavy (non-hydrogen) atoms. The maximum atomic E-state index is 5.88. The number of para-hydroxylation sites is 3. The number of aryl methyl sites for hydroxylation is 1. The van der Waals surface area contributed by atoms with Crippen LogP contribution in [0.15, 0.2) is 48.5 Å². The predicted molar refractivity (Wildman–Crippen MR) is 74.7 cm³/mol. The summed E-state index contributed by atoms with van der Waals surface area (Å²) in [6, 6.07) is 16.7. The molecule has 0 fully saturated rings. The van der Waals surface area contributed by atoms with Gasteiger partial charge in [-0.3, -0.25) is 0 Å². The van der Waals surface area contributed by atoms with Crippen LogP contribution in [0.25, 0.3) is 0 Å². The third-order valence-corrected chi connectivity index (χ3v) is 3.33. The number of rotatable bonds is 1. The van der Waals surface area contributed by atoms with Crippen LogP contribution in [0.5, 0.6) is 5.75 Å². The average molecular weight is 239 g/mol. The van der Waals surface area contributed by atoms with Crippen LogP contribution in [-0.4, -0.2) is 12.6 Å². The summed E-state index contributed by atoms with van der Waals surface area (Å²) in [7, 11) is 0. The first kappa shape index (κ1) is 11.1. The van der Waals surface area contributed by atoms with E-state index in [9.17, 15) is 0 Å². The van der Waals surface area contributed by atoms with Gasteiger partial charge in [-0.15, -0.1) is 0 Å². The number of hydrogen-bond donors (Lipinski definition) is 0. The molecule has 2 heteroatoms. The summed E-state index contributed by atoms with van der Waals surface area (Å²) in [6.07, 6.45) is 0.208. The van der Waals surface area contributed by atoms with E-state index < -0.39 is 0 Å². The Labute approximate surface area is 108 Å². The van der Waals surface area contributed by atoms with Crippen molar-refractivity contribution in [2.45, 2.75) is 20.0 Å². The lowest BCUT2D eigenvalue weighted by molar-refractivity contribution is 0.217. The average Bonchev–Trinajstić information content (AvgIpc) is 2.38. The second-order valence-electron chi connectivity index (χ2n) is 4.79. The van der Waals surface area contributed by atoms with Crippen LogP contribution in [-0.2, 0) is 0 Å². The van der Waals surface area contributed by atoms with Gasteiger partial charge in [0.1, 0.15) is 11.9 Å². The van der Waals surface area contributed by atoms with E-state index in [0.29, 0.717) is 0 Å². The van der Waals surface area contributed by atoms with E-state index >= 15 is 0 Å². The molecule has 2 aromatic carbocycles. The molecule has 0 bridgehead atoms. The molecule has 0 amide bonds. The van der Waals surface area contributed by atoms with E-state index in [-0.39, 0.29) is 6.10 Å². The molecule has 1 aliphatic heterocycles. The first-order valence-corrected chi connectivity index (χ1v) is 6.34. The van der Waals surface area contributed by atoms with Gasteiger partial charge in [0.05, 0.1) is 12.2 Å². The lowest BCUT2D eigenvalue weighted by Gasteiger charge is -2.35. The van der Waals surface area contributed by atoms with Crippen LogP contribution in [0, 0.1) is 6.92 Å². The number of nitrogens with zero attached hydrogens (tertiary/aromatic N) is 1. The zero-order valence-electron chi connectivity index (χ0n) is 10.8. The molecule has 1 atom stereocenters. The topological polar surface area (TPSA) is 12.5 Å². The minimum Gasteiger partial charge on any atom is -0.487 e. The molecule has 0 aromatic heterocycles. The molecule has 0 radical (unpaired) electrons. The van der Waals surface area contributed by atoms with Crippen molar-refractivity contribution in [3.63, 3.8) is 0 Å². The van der Waals surface area contributed by atoms with E-state index in [1.54, 1.807) is 0 Å². The molecular weight excluding hydrogens is 222 g/mol. The van der Waals surface area contributed by atoms with Crippen LogP contribution in [0.4, 0.5) is 11.4 Å². The fourth-order valence-corrected chi connectivity index (χ4v) is 2.48. The number of benzene rings is 2. The standard InChI is InChI=1S/C16H17NO/c1-12-7-3-4-8-14(12)17-11-13(2)18-16-10-6-5-9-15(16)17/h3-10,13H,11H2,1-2H3. The minimum absolute atomic E-state index is 0.208. The van der Waals surface area contributed by atoms with Gasteiger partial charge in [-0.1, -0.05) is 30.3 Å². The number of ether oxygens (including phenoxy) is 1. The largest absolute Gasteiger partial charge is 0.487 e. The first-order chi connectivity index (χ1) is 8.75. The van der Waals surface area contributed by atoms with Crippen LogP contribution >= 0.6 is 0 Å². The van der Waals surface area contributed by atoms with E-state index in [1.807, 2.05) is 12.1 Å². The van der Waals surface area contributed by atoms with Crippen LogP contribution in [0.1, 0.15) is 12.5 Å². The first-order valence-electron chi connectivity index (χ1n) is 6.34. The van der Waals surface area contributed by atoms with Gasteiger partial charge in [-0.2, -0.15) is 0 Å². The zero-order valence-corrected chi connectivity index (χ0v) is 10.8. The summed E-state index contributed by atoms with van der Waals surface area (Å²) in [5.41, 5.74) is 3.71. The fourth-order valence-electron chi connectivity index (χ4n) is 2.48. The highest BCUT2D eigenvalue weighted by atomic mass is 16.5. The fraction of sp³-hybridized carbons (Fsp3) is 0.250. The molecule has 2 aromatic rings. The molecule has 0 aliphatic carbocycles. The summed E-state index contributed by atoms with van der Waals surface area (Å²) in [6.45, 7) is 5.15. The monoisotopic (exact) mass is 239 g/mol. The maximum Gasteiger partial charge on any atom is 0.143 e.